The van der Waals surface area contributed by atoms with Crippen molar-refractivity contribution in [1.29, 1.82) is 0 Å². The standard InChI is InChI=1S/C17H18ClNO2/c1-12(13-4-2-6-15(18)10-13)19-11-14-5-3-7-16-17(14)21-9-8-20-16/h2-7,10,12,19H,8-9,11H2,1H3. The smallest absolute Gasteiger partial charge is 0.165 e. The monoisotopic (exact) mass is 303 g/mol. The molecule has 1 aliphatic heterocycles. The summed E-state index contributed by atoms with van der Waals surface area (Å²) < 4.78 is 11.3. The van der Waals surface area contributed by atoms with Gasteiger partial charge in [-0.1, -0.05) is 35.9 Å². The molecule has 4 heteroatoms. The van der Waals surface area contributed by atoms with Gasteiger partial charge in [-0.25, -0.2) is 0 Å². The lowest BCUT2D eigenvalue weighted by molar-refractivity contribution is 0.169. The first-order valence-electron chi connectivity index (χ1n) is 7.10. The molecule has 110 valence electrons. The third kappa shape index (κ3) is 3.31. The van der Waals surface area contributed by atoms with Gasteiger partial charge in [-0.05, 0) is 30.7 Å². The Morgan fingerprint density at radius 2 is 1.95 bits per heavy atom. The maximum atomic E-state index is 6.04. The summed E-state index contributed by atoms with van der Waals surface area (Å²) >= 11 is 6.04. The van der Waals surface area contributed by atoms with E-state index >= 15 is 0 Å². The zero-order chi connectivity index (χ0) is 14.7. The Morgan fingerprint density at radius 3 is 2.81 bits per heavy atom. The Labute approximate surface area is 129 Å². The molecular weight excluding hydrogens is 286 g/mol. The van der Waals surface area contributed by atoms with Crippen molar-refractivity contribution < 1.29 is 9.47 Å². The molecule has 0 radical (unpaired) electrons. The minimum absolute atomic E-state index is 0.212. The summed E-state index contributed by atoms with van der Waals surface area (Å²) in [5, 5.41) is 4.26. The van der Waals surface area contributed by atoms with Gasteiger partial charge in [-0.15, -0.1) is 0 Å². The molecule has 0 saturated heterocycles. The normalized spacial score (nSPS) is 14.8. The van der Waals surface area contributed by atoms with Gasteiger partial charge in [0.2, 0.25) is 0 Å². The predicted molar refractivity (Wildman–Crippen MR) is 84.1 cm³/mol. The molecule has 3 nitrogen and oxygen atoms in total. The van der Waals surface area contributed by atoms with E-state index in [-0.39, 0.29) is 6.04 Å². The molecule has 1 atom stereocenters. The number of para-hydroxylation sites is 1. The lowest BCUT2D eigenvalue weighted by atomic mass is 10.1. The van der Waals surface area contributed by atoms with Crippen LogP contribution in [-0.2, 0) is 6.54 Å². The van der Waals surface area contributed by atoms with Crippen LogP contribution in [-0.4, -0.2) is 13.2 Å². The van der Waals surface area contributed by atoms with Gasteiger partial charge in [-0.2, -0.15) is 0 Å². The Morgan fingerprint density at radius 1 is 1.14 bits per heavy atom. The van der Waals surface area contributed by atoms with Gasteiger partial charge >= 0.3 is 0 Å². The fourth-order valence-electron chi connectivity index (χ4n) is 2.43. The molecule has 3 rings (SSSR count). The average molecular weight is 304 g/mol. The van der Waals surface area contributed by atoms with E-state index in [0.29, 0.717) is 13.2 Å². The first-order valence-corrected chi connectivity index (χ1v) is 7.48. The van der Waals surface area contributed by atoms with Gasteiger partial charge in [-0.3, -0.25) is 0 Å². The highest BCUT2D eigenvalue weighted by molar-refractivity contribution is 6.30. The zero-order valence-corrected chi connectivity index (χ0v) is 12.7. The van der Waals surface area contributed by atoms with Crippen molar-refractivity contribution in [2.24, 2.45) is 0 Å². The van der Waals surface area contributed by atoms with Crippen LogP contribution >= 0.6 is 11.6 Å². The second-order valence-corrected chi connectivity index (χ2v) is 5.54. The van der Waals surface area contributed by atoms with Crippen LogP contribution in [0.25, 0.3) is 0 Å². The molecule has 0 bridgehead atoms. The van der Waals surface area contributed by atoms with Crippen molar-refractivity contribution in [2.75, 3.05) is 13.2 Å². The van der Waals surface area contributed by atoms with E-state index in [0.717, 1.165) is 28.6 Å². The second kappa shape index (κ2) is 6.37. The van der Waals surface area contributed by atoms with Gasteiger partial charge in [0, 0.05) is 23.2 Å². The summed E-state index contributed by atoms with van der Waals surface area (Å²) in [5.74, 6) is 1.69. The number of halogens is 1. The molecule has 0 aromatic heterocycles. The van der Waals surface area contributed by atoms with Gasteiger partial charge in [0.25, 0.3) is 0 Å². The largest absolute Gasteiger partial charge is 0.486 e. The third-order valence-corrected chi connectivity index (χ3v) is 3.83. The van der Waals surface area contributed by atoms with E-state index in [1.165, 1.54) is 5.56 Å². The molecule has 0 saturated carbocycles. The van der Waals surface area contributed by atoms with Crippen molar-refractivity contribution >= 4 is 11.6 Å². The number of fused-ring (bicyclic) bond motifs is 1. The molecule has 0 spiro atoms. The van der Waals surface area contributed by atoms with Crippen LogP contribution in [0.15, 0.2) is 42.5 Å². The molecule has 2 aromatic carbocycles. The summed E-state index contributed by atoms with van der Waals surface area (Å²) in [5.41, 5.74) is 2.28. The molecule has 21 heavy (non-hydrogen) atoms. The summed E-state index contributed by atoms with van der Waals surface area (Å²) in [7, 11) is 0. The number of benzene rings is 2. The molecule has 0 fully saturated rings. The lowest BCUT2D eigenvalue weighted by Crippen LogP contribution is -2.21. The van der Waals surface area contributed by atoms with Gasteiger partial charge in [0.1, 0.15) is 13.2 Å². The molecule has 0 aliphatic carbocycles. The summed E-state index contributed by atoms with van der Waals surface area (Å²) in [6, 6.07) is 14.1. The lowest BCUT2D eigenvalue weighted by Gasteiger charge is -2.22. The van der Waals surface area contributed by atoms with Gasteiger partial charge in [0.15, 0.2) is 11.5 Å². The van der Waals surface area contributed by atoms with Crippen LogP contribution in [0, 0.1) is 0 Å². The van der Waals surface area contributed by atoms with E-state index in [1.54, 1.807) is 0 Å². The van der Waals surface area contributed by atoms with Crippen LogP contribution in [0.5, 0.6) is 11.5 Å². The van der Waals surface area contributed by atoms with Crippen LogP contribution in [0.1, 0.15) is 24.1 Å². The quantitative estimate of drug-likeness (QED) is 0.927. The number of hydrogen-bond donors (Lipinski definition) is 1. The first-order chi connectivity index (χ1) is 10.2. The van der Waals surface area contributed by atoms with Crippen molar-refractivity contribution in [3.8, 4) is 11.5 Å². The summed E-state index contributed by atoms with van der Waals surface area (Å²) in [6.45, 7) is 4.06. The minimum Gasteiger partial charge on any atom is -0.486 e. The maximum absolute atomic E-state index is 6.04. The highest BCUT2D eigenvalue weighted by Crippen LogP contribution is 2.33. The zero-order valence-electron chi connectivity index (χ0n) is 11.9. The predicted octanol–water partition coefficient (Wildman–Crippen LogP) is 3.96. The van der Waals surface area contributed by atoms with E-state index < -0.39 is 0 Å². The van der Waals surface area contributed by atoms with E-state index in [1.807, 2.05) is 30.3 Å². The van der Waals surface area contributed by atoms with Crippen molar-refractivity contribution in [2.45, 2.75) is 19.5 Å². The minimum atomic E-state index is 0.212. The third-order valence-electron chi connectivity index (χ3n) is 3.60. The molecule has 1 heterocycles. The van der Waals surface area contributed by atoms with E-state index in [4.69, 9.17) is 21.1 Å². The number of hydrogen-bond acceptors (Lipinski definition) is 3. The Kier molecular flexibility index (Phi) is 4.32. The first kappa shape index (κ1) is 14.2. The fourth-order valence-corrected chi connectivity index (χ4v) is 2.63. The molecule has 2 aromatic rings. The Hall–Kier alpha value is -1.71. The van der Waals surface area contributed by atoms with E-state index in [9.17, 15) is 0 Å². The van der Waals surface area contributed by atoms with Crippen LogP contribution in [0.3, 0.4) is 0 Å². The van der Waals surface area contributed by atoms with Crippen LogP contribution in [0.2, 0.25) is 5.02 Å². The molecule has 1 aliphatic rings. The van der Waals surface area contributed by atoms with Crippen molar-refractivity contribution in [1.82, 2.24) is 5.32 Å². The molecule has 1 N–H and O–H groups in total. The maximum Gasteiger partial charge on any atom is 0.165 e. The topological polar surface area (TPSA) is 30.5 Å². The number of ether oxygens (including phenoxy) is 2. The number of rotatable bonds is 4. The fraction of sp³-hybridized carbons (Fsp3) is 0.294. The molecule has 1 unspecified atom stereocenters. The van der Waals surface area contributed by atoms with Gasteiger partial charge in [0.05, 0.1) is 0 Å². The summed E-state index contributed by atoms with van der Waals surface area (Å²) in [6.07, 6.45) is 0. The van der Waals surface area contributed by atoms with Crippen LogP contribution in [0.4, 0.5) is 0 Å². The second-order valence-electron chi connectivity index (χ2n) is 5.10. The van der Waals surface area contributed by atoms with E-state index in [2.05, 4.69) is 24.4 Å². The highest BCUT2D eigenvalue weighted by atomic mass is 35.5. The molecular formula is C17H18ClNO2. The van der Waals surface area contributed by atoms with Crippen molar-refractivity contribution in [3.05, 3.63) is 58.6 Å². The Balaban J connectivity index is 1.70. The summed E-state index contributed by atoms with van der Waals surface area (Å²) in [4.78, 5) is 0. The Bertz CT molecular complexity index is 630. The molecule has 0 amide bonds. The van der Waals surface area contributed by atoms with Crippen LogP contribution < -0.4 is 14.8 Å². The van der Waals surface area contributed by atoms with Gasteiger partial charge < -0.3 is 14.8 Å². The number of nitrogens with one attached hydrogen (secondary N) is 1. The SMILES string of the molecule is CC(NCc1cccc2c1OCCO2)c1cccc(Cl)c1. The average Bonchev–Trinajstić information content (AvgIpc) is 2.52. The highest BCUT2D eigenvalue weighted by Gasteiger charge is 2.16. The van der Waals surface area contributed by atoms with Crippen molar-refractivity contribution in [3.63, 3.8) is 0 Å².